The van der Waals surface area contributed by atoms with E-state index in [1.165, 1.54) is 0 Å². The highest BCUT2D eigenvalue weighted by molar-refractivity contribution is 5.55. The summed E-state index contributed by atoms with van der Waals surface area (Å²) in [6.07, 6.45) is 0.421. The van der Waals surface area contributed by atoms with Crippen molar-refractivity contribution in [2.75, 3.05) is 13.7 Å². The van der Waals surface area contributed by atoms with Crippen LogP contribution in [0.1, 0.15) is 25.1 Å². The van der Waals surface area contributed by atoms with Crippen LogP contribution in [-0.4, -0.2) is 28.9 Å². The van der Waals surface area contributed by atoms with Gasteiger partial charge in [-0.1, -0.05) is 26.0 Å². The Labute approximate surface area is 158 Å². The summed E-state index contributed by atoms with van der Waals surface area (Å²) in [7, 11) is 1.62. The van der Waals surface area contributed by atoms with Crippen molar-refractivity contribution in [1.29, 1.82) is 0 Å². The molecule has 6 nitrogen and oxygen atoms in total. The van der Waals surface area contributed by atoms with Crippen LogP contribution in [0.3, 0.4) is 0 Å². The van der Waals surface area contributed by atoms with E-state index in [0.29, 0.717) is 30.5 Å². The Morgan fingerprint density at radius 3 is 2.30 bits per heavy atom. The molecule has 0 saturated heterocycles. The van der Waals surface area contributed by atoms with Crippen LogP contribution in [0.15, 0.2) is 53.3 Å². The molecular weight excluding hydrogens is 342 g/mol. The fourth-order valence-electron chi connectivity index (χ4n) is 2.52. The SMILES string of the molecule is COc1ccc(Cc2nc(-c3ccc(OCC(C)C)cc3)n[nH]c2=O)cc1. The molecule has 0 radical (unpaired) electrons. The second kappa shape index (κ2) is 8.49. The molecule has 0 aliphatic rings. The summed E-state index contributed by atoms with van der Waals surface area (Å²) in [6, 6.07) is 15.1. The number of hydrogen-bond acceptors (Lipinski definition) is 5. The van der Waals surface area contributed by atoms with Gasteiger partial charge in [0.15, 0.2) is 5.82 Å². The van der Waals surface area contributed by atoms with E-state index in [1.807, 2.05) is 48.5 Å². The molecule has 27 heavy (non-hydrogen) atoms. The third kappa shape index (κ3) is 4.94. The van der Waals surface area contributed by atoms with Gasteiger partial charge in [-0.3, -0.25) is 4.79 Å². The van der Waals surface area contributed by atoms with Gasteiger partial charge in [0.2, 0.25) is 0 Å². The third-order valence-corrected chi connectivity index (χ3v) is 3.99. The number of rotatable bonds is 7. The Bertz CT molecular complexity index is 932. The molecule has 3 aromatic rings. The molecule has 0 aliphatic heterocycles. The molecule has 2 aromatic carbocycles. The Kier molecular flexibility index (Phi) is 5.86. The highest BCUT2D eigenvalue weighted by Crippen LogP contribution is 2.20. The van der Waals surface area contributed by atoms with Crippen molar-refractivity contribution < 1.29 is 9.47 Å². The molecule has 140 valence electrons. The quantitative estimate of drug-likeness (QED) is 0.694. The van der Waals surface area contributed by atoms with Crippen LogP contribution < -0.4 is 15.0 Å². The molecule has 0 aliphatic carbocycles. The molecule has 0 saturated carbocycles. The Balaban J connectivity index is 1.79. The average molecular weight is 365 g/mol. The normalized spacial score (nSPS) is 10.8. The summed E-state index contributed by atoms with van der Waals surface area (Å²) in [5.41, 5.74) is 1.93. The standard InChI is InChI=1S/C21H23N3O3/c1-14(2)13-27-18-10-6-16(7-11-18)20-22-19(21(25)24-23-20)12-15-4-8-17(26-3)9-5-15/h4-11,14H,12-13H2,1-3H3,(H,24,25). The smallest absolute Gasteiger partial charge is 0.286 e. The van der Waals surface area contributed by atoms with Gasteiger partial charge in [-0.2, -0.15) is 5.10 Å². The summed E-state index contributed by atoms with van der Waals surface area (Å²) in [5.74, 6) is 2.52. The fourth-order valence-corrected chi connectivity index (χ4v) is 2.52. The van der Waals surface area contributed by atoms with Crippen LogP contribution in [0, 0.1) is 5.92 Å². The zero-order valence-electron chi connectivity index (χ0n) is 15.7. The Hall–Kier alpha value is -3.15. The minimum Gasteiger partial charge on any atom is -0.497 e. The summed E-state index contributed by atoms with van der Waals surface area (Å²) in [4.78, 5) is 16.6. The van der Waals surface area contributed by atoms with Gasteiger partial charge in [-0.05, 0) is 47.9 Å². The van der Waals surface area contributed by atoms with E-state index in [1.54, 1.807) is 7.11 Å². The minimum atomic E-state index is -0.286. The second-order valence-electron chi connectivity index (χ2n) is 6.69. The minimum absolute atomic E-state index is 0.286. The van der Waals surface area contributed by atoms with E-state index in [0.717, 1.165) is 22.6 Å². The third-order valence-electron chi connectivity index (χ3n) is 3.99. The number of hydrogen-bond donors (Lipinski definition) is 1. The van der Waals surface area contributed by atoms with Gasteiger partial charge >= 0.3 is 0 Å². The first kappa shape index (κ1) is 18.6. The molecule has 0 fully saturated rings. The lowest BCUT2D eigenvalue weighted by Gasteiger charge is -2.09. The highest BCUT2D eigenvalue weighted by Gasteiger charge is 2.09. The van der Waals surface area contributed by atoms with Crippen LogP contribution in [0.25, 0.3) is 11.4 Å². The molecular formula is C21H23N3O3. The van der Waals surface area contributed by atoms with E-state index in [9.17, 15) is 4.79 Å². The van der Waals surface area contributed by atoms with Gasteiger partial charge in [0.05, 0.1) is 13.7 Å². The van der Waals surface area contributed by atoms with Crippen LogP contribution >= 0.6 is 0 Å². The van der Waals surface area contributed by atoms with E-state index in [2.05, 4.69) is 29.0 Å². The first-order valence-corrected chi connectivity index (χ1v) is 8.87. The number of methoxy groups -OCH3 is 1. The number of H-pyrrole nitrogens is 1. The van der Waals surface area contributed by atoms with Crippen molar-refractivity contribution in [3.63, 3.8) is 0 Å². The summed E-state index contributed by atoms with van der Waals surface area (Å²) >= 11 is 0. The van der Waals surface area contributed by atoms with E-state index < -0.39 is 0 Å². The number of aromatic amines is 1. The molecule has 0 atom stereocenters. The topological polar surface area (TPSA) is 77.1 Å². The summed E-state index contributed by atoms with van der Waals surface area (Å²) in [5, 5.41) is 6.61. The lowest BCUT2D eigenvalue weighted by atomic mass is 10.1. The van der Waals surface area contributed by atoms with Crippen molar-refractivity contribution in [2.24, 2.45) is 5.92 Å². The maximum atomic E-state index is 12.1. The predicted octanol–water partition coefficient (Wildman–Crippen LogP) is 3.47. The van der Waals surface area contributed by atoms with Gasteiger partial charge < -0.3 is 9.47 Å². The van der Waals surface area contributed by atoms with E-state index >= 15 is 0 Å². The van der Waals surface area contributed by atoms with E-state index in [4.69, 9.17) is 9.47 Å². The lowest BCUT2D eigenvalue weighted by molar-refractivity contribution is 0.271. The van der Waals surface area contributed by atoms with Gasteiger partial charge in [-0.25, -0.2) is 10.1 Å². The largest absolute Gasteiger partial charge is 0.497 e. The Morgan fingerprint density at radius 2 is 1.67 bits per heavy atom. The van der Waals surface area contributed by atoms with Crippen molar-refractivity contribution in [3.8, 4) is 22.9 Å². The first-order chi connectivity index (χ1) is 13.0. The van der Waals surface area contributed by atoms with Gasteiger partial charge in [-0.15, -0.1) is 0 Å². The van der Waals surface area contributed by atoms with Crippen molar-refractivity contribution >= 4 is 0 Å². The van der Waals surface area contributed by atoms with Crippen LogP contribution in [0.4, 0.5) is 0 Å². The maximum Gasteiger partial charge on any atom is 0.286 e. The van der Waals surface area contributed by atoms with Crippen molar-refractivity contribution in [1.82, 2.24) is 15.2 Å². The van der Waals surface area contributed by atoms with Crippen LogP contribution in [0.5, 0.6) is 11.5 Å². The number of ether oxygens (including phenoxy) is 2. The zero-order valence-corrected chi connectivity index (χ0v) is 15.7. The molecule has 1 heterocycles. The summed E-state index contributed by atoms with van der Waals surface area (Å²) < 4.78 is 10.8. The number of aromatic nitrogens is 3. The summed E-state index contributed by atoms with van der Waals surface area (Å²) in [6.45, 7) is 4.88. The molecule has 1 aromatic heterocycles. The Morgan fingerprint density at radius 1 is 1.00 bits per heavy atom. The number of nitrogens with zero attached hydrogens (tertiary/aromatic N) is 2. The average Bonchev–Trinajstić information content (AvgIpc) is 2.69. The maximum absolute atomic E-state index is 12.1. The fraction of sp³-hybridized carbons (Fsp3) is 0.286. The molecule has 0 amide bonds. The van der Waals surface area contributed by atoms with Crippen LogP contribution in [-0.2, 0) is 6.42 Å². The van der Waals surface area contributed by atoms with Gasteiger partial charge in [0.1, 0.15) is 17.2 Å². The van der Waals surface area contributed by atoms with Gasteiger partial charge in [0.25, 0.3) is 5.56 Å². The molecule has 0 unspecified atom stereocenters. The van der Waals surface area contributed by atoms with Gasteiger partial charge in [0, 0.05) is 12.0 Å². The molecule has 1 N–H and O–H groups in total. The zero-order chi connectivity index (χ0) is 19.2. The molecule has 3 rings (SSSR count). The second-order valence-corrected chi connectivity index (χ2v) is 6.69. The number of nitrogens with one attached hydrogen (secondary N) is 1. The van der Waals surface area contributed by atoms with Crippen molar-refractivity contribution in [2.45, 2.75) is 20.3 Å². The molecule has 6 heteroatoms. The first-order valence-electron chi connectivity index (χ1n) is 8.87. The highest BCUT2D eigenvalue weighted by atomic mass is 16.5. The van der Waals surface area contributed by atoms with Crippen LogP contribution in [0.2, 0.25) is 0 Å². The molecule has 0 bridgehead atoms. The van der Waals surface area contributed by atoms with Crippen molar-refractivity contribution in [3.05, 3.63) is 70.1 Å². The monoisotopic (exact) mass is 365 g/mol. The van der Waals surface area contributed by atoms with E-state index in [-0.39, 0.29) is 5.56 Å². The molecule has 0 spiro atoms. The lowest BCUT2D eigenvalue weighted by Crippen LogP contribution is -2.18. The number of benzene rings is 2. The predicted molar refractivity (Wildman–Crippen MR) is 104 cm³/mol.